The van der Waals surface area contributed by atoms with Gasteiger partial charge in [0.05, 0.1) is 0 Å². The lowest BCUT2D eigenvalue weighted by atomic mass is 9.85. The van der Waals surface area contributed by atoms with Crippen LogP contribution in [0.25, 0.3) is 0 Å². The highest BCUT2D eigenvalue weighted by molar-refractivity contribution is 4.86. The normalized spacial score (nSPS) is 28.3. The molecule has 2 nitrogen and oxygen atoms in total. The molecular weight excluding hydrogens is 232 g/mol. The number of hydrogen-bond donors (Lipinski definition) is 1. The zero-order valence-electron chi connectivity index (χ0n) is 13.4. The molecule has 1 unspecified atom stereocenters. The maximum Gasteiger partial charge on any atom is 0.0243 e. The Bertz CT molecular complexity index is 250. The van der Waals surface area contributed by atoms with Crippen molar-refractivity contribution in [1.82, 2.24) is 10.2 Å². The van der Waals surface area contributed by atoms with Crippen molar-refractivity contribution in [3.8, 4) is 0 Å². The maximum atomic E-state index is 3.75. The number of nitrogens with one attached hydrogen (secondary N) is 1. The van der Waals surface area contributed by atoms with Gasteiger partial charge in [0.25, 0.3) is 0 Å². The highest BCUT2D eigenvalue weighted by Gasteiger charge is 2.28. The molecule has 1 saturated heterocycles. The largest absolute Gasteiger partial charge is 0.312 e. The monoisotopic (exact) mass is 266 g/mol. The Morgan fingerprint density at radius 1 is 1.05 bits per heavy atom. The lowest BCUT2D eigenvalue weighted by Gasteiger charge is -2.34. The van der Waals surface area contributed by atoms with E-state index in [1.54, 1.807) is 0 Å². The molecule has 1 aliphatic heterocycles. The van der Waals surface area contributed by atoms with Crippen molar-refractivity contribution in [2.45, 2.75) is 71.8 Å². The molecule has 1 aliphatic carbocycles. The minimum Gasteiger partial charge on any atom is -0.312 e. The van der Waals surface area contributed by atoms with E-state index in [1.807, 2.05) is 0 Å². The van der Waals surface area contributed by atoms with Gasteiger partial charge in [-0.3, -0.25) is 0 Å². The molecule has 0 aromatic carbocycles. The van der Waals surface area contributed by atoms with E-state index in [4.69, 9.17) is 0 Å². The van der Waals surface area contributed by atoms with Crippen LogP contribution in [0.15, 0.2) is 0 Å². The van der Waals surface area contributed by atoms with Crippen molar-refractivity contribution >= 4 is 0 Å². The van der Waals surface area contributed by atoms with Gasteiger partial charge in [-0.1, -0.05) is 52.9 Å². The highest BCUT2D eigenvalue weighted by Crippen LogP contribution is 2.27. The zero-order chi connectivity index (χ0) is 13.7. The third-order valence-corrected chi connectivity index (χ3v) is 5.11. The summed E-state index contributed by atoms with van der Waals surface area (Å²) in [4.78, 5) is 2.73. The van der Waals surface area contributed by atoms with E-state index in [0.29, 0.717) is 11.5 Å². The molecule has 2 fully saturated rings. The van der Waals surface area contributed by atoms with Crippen LogP contribution in [0.5, 0.6) is 0 Å². The molecule has 1 N–H and O–H groups in total. The smallest absolute Gasteiger partial charge is 0.0243 e. The molecule has 112 valence electrons. The van der Waals surface area contributed by atoms with Gasteiger partial charge < -0.3 is 10.2 Å². The summed E-state index contributed by atoms with van der Waals surface area (Å²) in [6, 6.07) is 0.654. The molecular formula is C17H34N2. The van der Waals surface area contributed by atoms with Crippen molar-refractivity contribution in [1.29, 1.82) is 0 Å². The fraction of sp³-hybridized carbons (Fsp3) is 1.00. The average Bonchev–Trinajstić information content (AvgIpc) is 2.62. The molecule has 1 saturated carbocycles. The number of nitrogens with zero attached hydrogens (tertiary/aromatic N) is 1. The van der Waals surface area contributed by atoms with Crippen LogP contribution in [0, 0.1) is 11.3 Å². The summed E-state index contributed by atoms with van der Waals surface area (Å²) in [6.07, 6.45) is 10.2. The Hall–Kier alpha value is -0.0800. The average molecular weight is 266 g/mol. The fourth-order valence-corrected chi connectivity index (χ4v) is 3.62. The summed E-state index contributed by atoms with van der Waals surface area (Å²) in [5.41, 5.74) is 0.382. The van der Waals surface area contributed by atoms with E-state index in [2.05, 4.69) is 31.0 Å². The van der Waals surface area contributed by atoms with Crippen molar-refractivity contribution in [2.75, 3.05) is 26.2 Å². The van der Waals surface area contributed by atoms with E-state index in [0.717, 1.165) is 5.92 Å². The third-order valence-electron chi connectivity index (χ3n) is 5.11. The van der Waals surface area contributed by atoms with Crippen LogP contribution in [0.2, 0.25) is 0 Å². The molecule has 0 aromatic rings. The van der Waals surface area contributed by atoms with Gasteiger partial charge in [-0.25, -0.2) is 0 Å². The Morgan fingerprint density at radius 3 is 2.47 bits per heavy atom. The van der Waals surface area contributed by atoms with Gasteiger partial charge in [0.15, 0.2) is 0 Å². The van der Waals surface area contributed by atoms with Crippen LogP contribution >= 0.6 is 0 Å². The Morgan fingerprint density at radius 2 is 1.79 bits per heavy atom. The minimum absolute atomic E-state index is 0.382. The molecule has 2 rings (SSSR count). The van der Waals surface area contributed by atoms with E-state index in [1.165, 1.54) is 71.1 Å². The van der Waals surface area contributed by atoms with E-state index in [-0.39, 0.29) is 0 Å². The topological polar surface area (TPSA) is 15.3 Å². The minimum atomic E-state index is 0.382. The first kappa shape index (κ1) is 15.3. The lowest BCUT2D eigenvalue weighted by molar-refractivity contribution is 0.182. The summed E-state index contributed by atoms with van der Waals surface area (Å²) in [6.45, 7) is 12.2. The summed E-state index contributed by atoms with van der Waals surface area (Å²) in [5.74, 6) is 1.03. The second-order valence-corrected chi connectivity index (χ2v) is 7.82. The molecule has 0 amide bonds. The lowest BCUT2D eigenvalue weighted by Crippen LogP contribution is -2.46. The second-order valence-electron chi connectivity index (χ2n) is 7.82. The quantitative estimate of drug-likeness (QED) is 0.838. The van der Waals surface area contributed by atoms with Crippen molar-refractivity contribution in [3.63, 3.8) is 0 Å². The van der Waals surface area contributed by atoms with Crippen molar-refractivity contribution in [3.05, 3.63) is 0 Å². The summed E-state index contributed by atoms with van der Waals surface area (Å²) < 4.78 is 0. The first-order chi connectivity index (χ1) is 9.05. The van der Waals surface area contributed by atoms with Gasteiger partial charge in [-0.05, 0) is 43.8 Å². The molecule has 2 heteroatoms. The molecule has 0 aromatic heterocycles. The van der Waals surface area contributed by atoms with E-state index in [9.17, 15) is 0 Å². The van der Waals surface area contributed by atoms with Crippen LogP contribution in [0.3, 0.4) is 0 Å². The summed E-state index contributed by atoms with van der Waals surface area (Å²) in [5, 5.41) is 3.75. The van der Waals surface area contributed by atoms with Crippen LogP contribution in [-0.4, -0.2) is 37.1 Å². The second kappa shape index (κ2) is 7.08. The highest BCUT2D eigenvalue weighted by atomic mass is 15.2. The van der Waals surface area contributed by atoms with Crippen LogP contribution in [0.4, 0.5) is 0 Å². The number of hydrogen-bond acceptors (Lipinski definition) is 2. The first-order valence-electron chi connectivity index (χ1n) is 8.51. The molecule has 1 atom stereocenters. The van der Waals surface area contributed by atoms with Gasteiger partial charge in [-0.2, -0.15) is 0 Å². The summed E-state index contributed by atoms with van der Waals surface area (Å²) in [7, 11) is 0. The van der Waals surface area contributed by atoms with Crippen LogP contribution in [-0.2, 0) is 0 Å². The SMILES string of the molecule is CC(C)(C)C1CN(CCC2CCCCC2)CCCN1. The molecule has 0 bridgehead atoms. The zero-order valence-corrected chi connectivity index (χ0v) is 13.4. The van der Waals surface area contributed by atoms with E-state index < -0.39 is 0 Å². The van der Waals surface area contributed by atoms with Crippen molar-refractivity contribution in [2.24, 2.45) is 11.3 Å². The van der Waals surface area contributed by atoms with Gasteiger partial charge in [0.2, 0.25) is 0 Å². The fourth-order valence-electron chi connectivity index (χ4n) is 3.62. The molecule has 19 heavy (non-hydrogen) atoms. The van der Waals surface area contributed by atoms with Gasteiger partial charge in [-0.15, -0.1) is 0 Å². The predicted octanol–water partition coefficient (Wildman–Crippen LogP) is 3.67. The van der Waals surface area contributed by atoms with Gasteiger partial charge in [0, 0.05) is 12.6 Å². The first-order valence-corrected chi connectivity index (χ1v) is 8.51. The summed E-state index contributed by atoms with van der Waals surface area (Å²) >= 11 is 0. The van der Waals surface area contributed by atoms with E-state index >= 15 is 0 Å². The molecule has 0 spiro atoms. The van der Waals surface area contributed by atoms with Gasteiger partial charge in [0.1, 0.15) is 0 Å². The van der Waals surface area contributed by atoms with Crippen molar-refractivity contribution < 1.29 is 0 Å². The molecule has 2 aliphatic rings. The number of rotatable bonds is 3. The predicted molar refractivity (Wildman–Crippen MR) is 83.5 cm³/mol. The Balaban J connectivity index is 1.78. The Labute approximate surface area is 120 Å². The van der Waals surface area contributed by atoms with Gasteiger partial charge >= 0.3 is 0 Å². The van der Waals surface area contributed by atoms with Crippen LogP contribution in [0.1, 0.15) is 65.7 Å². The third kappa shape index (κ3) is 5.07. The molecule has 0 radical (unpaired) electrons. The van der Waals surface area contributed by atoms with Crippen LogP contribution < -0.4 is 5.32 Å². The Kier molecular flexibility index (Phi) is 5.70. The maximum absolute atomic E-state index is 3.75. The molecule has 1 heterocycles. The standard InChI is InChI=1S/C17H34N2/c1-17(2,3)16-14-19(12-7-11-18-16)13-10-15-8-5-4-6-9-15/h15-16,18H,4-14H2,1-3H3.